The Morgan fingerprint density at radius 3 is 1.91 bits per heavy atom. The molecule has 0 aliphatic carbocycles. The first-order valence-electron chi connectivity index (χ1n) is 11.8. The van der Waals surface area contributed by atoms with Crippen molar-refractivity contribution in [2.24, 2.45) is 0 Å². The van der Waals surface area contributed by atoms with E-state index in [1.165, 1.54) is 0 Å². The molecule has 16 N–H and O–H groups in total. The normalized spacial score (nSPS) is 19.8. The quantitative estimate of drug-likeness (QED) is 0.0653. The van der Waals surface area contributed by atoms with Crippen molar-refractivity contribution >= 4 is 38.3 Å². The summed E-state index contributed by atoms with van der Waals surface area (Å²) in [4.78, 5) is 17.2. The number of fused-ring (bicyclic) bond motifs is 1. The van der Waals surface area contributed by atoms with Gasteiger partial charge in [0.2, 0.25) is 17.1 Å². The molecule has 1 aliphatic rings. The third-order valence-electron chi connectivity index (χ3n) is 7.24. The van der Waals surface area contributed by atoms with Gasteiger partial charge in [0, 0.05) is 0 Å². The largest absolute Gasteiger partial charge is 0.504 e. The molecular weight excluding hydrogens is 691 g/mol. The van der Waals surface area contributed by atoms with Gasteiger partial charge in [0.25, 0.3) is 23.4 Å². The van der Waals surface area contributed by atoms with Crippen LogP contribution in [-0.4, -0.2) is 136 Å². The molecule has 23 heteroatoms. The predicted octanol–water partition coefficient (Wildman–Crippen LogP) is -4.20. The van der Waals surface area contributed by atoms with Gasteiger partial charge in [-0.25, -0.2) is 9.18 Å². The van der Waals surface area contributed by atoms with Crippen LogP contribution in [0.1, 0.15) is 0 Å². The number of aliphatic hydroxyl groups is 9. The first kappa shape index (κ1) is 33.9. The summed E-state index contributed by atoms with van der Waals surface area (Å²) in [6.07, 6.45) is 0. The van der Waals surface area contributed by atoms with Gasteiger partial charge in [0.1, 0.15) is 28.1 Å². The maximum Gasteiger partial charge on any atom is 0.347 e. The number of methoxy groups -OCH3 is 1. The molecule has 1 fully saturated rings. The second kappa shape index (κ2) is 10.3. The lowest BCUT2D eigenvalue weighted by atomic mass is 9.75. The smallest absolute Gasteiger partial charge is 0.347 e. The summed E-state index contributed by atoms with van der Waals surface area (Å²) in [5, 5.41) is 147. The molecule has 4 rings (SSSR count). The van der Waals surface area contributed by atoms with E-state index in [9.17, 15) is 80.7 Å². The molecule has 3 aromatic rings. The van der Waals surface area contributed by atoms with Gasteiger partial charge in [-0.05, 0) is 23.0 Å². The Morgan fingerprint density at radius 2 is 1.40 bits per heavy atom. The molecule has 248 valence electrons. The summed E-state index contributed by atoms with van der Waals surface area (Å²) in [5.74, 6) is -28.2. The third-order valence-corrected chi connectivity index (χ3v) is 7.99. The Bertz CT molecular complexity index is 1720. The monoisotopic (exact) mass is 714 g/mol. The summed E-state index contributed by atoms with van der Waals surface area (Å²) in [6.45, 7) is -2.02. The van der Waals surface area contributed by atoms with Crippen LogP contribution >= 0.6 is 15.9 Å². The van der Waals surface area contributed by atoms with Crippen LogP contribution in [0.15, 0.2) is 9.27 Å². The average Bonchev–Trinajstić information content (AvgIpc) is 2.96. The first-order chi connectivity index (χ1) is 20.4. The number of benzene rings is 2. The second-order valence-corrected chi connectivity index (χ2v) is 10.5. The first-order valence-corrected chi connectivity index (χ1v) is 12.6. The molecule has 21 nitrogen and oxygen atoms in total. The van der Waals surface area contributed by atoms with E-state index in [1.807, 2.05) is 4.98 Å². The fourth-order valence-electron chi connectivity index (χ4n) is 4.48. The number of nitrogens with zero attached hydrogens (tertiary/aromatic N) is 2. The number of likely N-dealkylation sites (tertiary alicyclic amines) is 1. The van der Waals surface area contributed by atoms with Crippen molar-refractivity contribution in [1.29, 1.82) is 0 Å². The van der Waals surface area contributed by atoms with Gasteiger partial charge >= 0.3 is 5.69 Å². The molecule has 0 bridgehead atoms. The van der Waals surface area contributed by atoms with Crippen LogP contribution in [0.4, 0.5) is 15.9 Å². The zero-order valence-corrected chi connectivity index (χ0v) is 23.9. The topological polar surface area (TPSA) is 363 Å². The molecule has 0 spiro atoms. The number of anilines is 2. The van der Waals surface area contributed by atoms with Crippen molar-refractivity contribution in [1.82, 2.24) is 14.9 Å². The van der Waals surface area contributed by atoms with E-state index in [4.69, 9.17) is 9.47 Å². The zero-order valence-electron chi connectivity index (χ0n) is 22.3. The number of nitrogens with one attached hydrogen (secondary N) is 2. The molecule has 1 aliphatic heterocycles. The number of phenols is 5. The van der Waals surface area contributed by atoms with E-state index in [-0.39, 0.29) is 0 Å². The lowest BCUT2D eigenvalue weighted by Crippen LogP contribution is -2.93. The predicted molar refractivity (Wildman–Crippen MR) is 142 cm³/mol. The minimum absolute atomic E-state index is 0.359. The Morgan fingerprint density at radius 1 is 0.867 bits per heavy atom. The lowest BCUT2D eigenvalue weighted by molar-refractivity contribution is -0.592. The molecule has 0 saturated carbocycles. The number of aromatic hydroxyl groups is 5. The number of likely N-dealkylation sites (N-methyl/N-ethyl adjacent to an activating group) is 1. The van der Waals surface area contributed by atoms with Crippen molar-refractivity contribution in [3.8, 4) is 40.2 Å². The Balaban J connectivity index is 1.91. The van der Waals surface area contributed by atoms with Gasteiger partial charge in [-0.1, -0.05) is 0 Å². The number of aromatic amines is 1. The number of hydrogen-bond acceptors (Lipinski definition) is 20. The highest BCUT2D eigenvalue weighted by Gasteiger charge is 2.84. The van der Waals surface area contributed by atoms with Gasteiger partial charge in [-0.15, -0.1) is 0 Å². The van der Waals surface area contributed by atoms with Crippen molar-refractivity contribution in [2.45, 2.75) is 29.0 Å². The summed E-state index contributed by atoms with van der Waals surface area (Å²) in [5.41, 5.74) is -7.64. The van der Waals surface area contributed by atoms with E-state index in [1.54, 1.807) is 0 Å². The molecule has 1 saturated heterocycles. The van der Waals surface area contributed by atoms with Gasteiger partial charge in [-0.2, -0.15) is 9.88 Å². The number of aromatic nitrogens is 2. The molecular formula is C22H24BrFN4O17. The van der Waals surface area contributed by atoms with E-state index < -0.39 is 119 Å². The number of rotatable bonds is 6. The van der Waals surface area contributed by atoms with E-state index >= 15 is 0 Å². The second-order valence-electron chi connectivity index (χ2n) is 9.70. The molecule has 2 aromatic carbocycles. The fraction of sp³-hybridized carbons (Fsp3) is 0.364. The number of ether oxygens (including phenoxy) is 2. The summed E-state index contributed by atoms with van der Waals surface area (Å²) in [7, 11) is 1.18. The number of piperidine rings is 1. The van der Waals surface area contributed by atoms with Gasteiger partial charge in [0.15, 0.2) is 34.6 Å². The van der Waals surface area contributed by atoms with Crippen LogP contribution in [0.25, 0.3) is 10.9 Å². The van der Waals surface area contributed by atoms with Crippen LogP contribution in [-0.2, 0) is 0 Å². The SMILES string of the molecule is COc1c(OCC2(O)C(O)(O)C(O)(O)N(C)C(O)(O)C2(O)O)c(O)c2[nH]c(=O)nc(Nc3c(O)c(O)c(Br)c(O)c3F)c2c1O. The van der Waals surface area contributed by atoms with Crippen LogP contribution in [0.5, 0.6) is 40.2 Å². The molecule has 1 aromatic heterocycles. The maximum absolute atomic E-state index is 14.8. The minimum Gasteiger partial charge on any atom is -0.504 e. The van der Waals surface area contributed by atoms with Crippen molar-refractivity contribution in [3.63, 3.8) is 0 Å². The molecule has 0 atom stereocenters. The van der Waals surface area contributed by atoms with Crippen LogP contribution in [0, 0.1) is 5.82 Å². The van der Waals surface area contributed by atoms with Crippen molar-refractivity contribution < 1.29 is 85.4 Å². The third kappa shape index (κ3) is 4.29. The number of H-pyrrole nitrogens is 1. The highest BCUT2D eigenvalue weighted by atomic mass is 79.9. The Hall–Kier alpha value is -4.01. The van der Waals surface area contributed by atoms with Crippen LogP contribution in [0.2, 0.25) is 0 Å². The van der Waals surface area contributed by atoms with Crippen LogP contribution in [0.3, 0.4) is 0 Å². The molecule has 2 heterocycles. The summed E-state index contributed by atoms with van der Waals surface area (Å²) < 4.78 is 24.1. The summed E-state index contributed by atoms with van der Waals surface area (Å²) in [6, 6.07) is 0. The van der Waals surface area contributed by atoms with Gasteiger partial charge < -0.3 is 91.3 Å². The maximum atomic E-state index is 14.8. The molecule has 0 radical (unpaired) electrons. The molecule has 45 heavy (non-hydrogen) atoms. The van der Waals surface area contributed by atoms with E-state index in [2.05, 4.69) is 26.2 Å². The number of hydrogen-bond donors (Lipinski definition) is 16. The Kier molecular flexibility index (Phi) is 7.72. The number of phenolic OH excluding ortho intramolecular Hbond substituents is 5. The van der Waals surface area contributed by atoms with Gasteiger partial charge in [0.05, 0.1) is 12.5 Å². The van der Waals surface area contributed by atoms with Crippen molar-refractivity contribution in [2.75, 3.05) is 26.1 Å². The number of halogens is 2. The molecule has 0 unspecified atom stereocenters. The standard InChI is InChI=1S/C22H24BrFN4O17/c1-28-21(40,41)19(36,37)18(35,20(38,39)22(28,42)43)3-45-15-13(33)7-4(9(29)14(15)44-2)16(27-17(34)26-7)25-8-6(24)10(30)5(23)11(31)12(8)32/h29-33,35-43H,3H2,1-2H3,(H2,25,26,27,34). The molecule has 0 amide bonds. The Labute approximate surface area is 254 Å². The van der Waals surface area contributed by atoms with E-state index in [0.717, 1.165) is 7.11 Å². The summed E-state index contributed by atoms with van der Waals surface area (Å²) >= 11 is 2.64. The minimum atomic E-state index is -4.53. The van der Waals surface area contributed by atoms with Crippen molar-refractivity contribution in [3.05, 3.63) is 20.8 Å². The van der Waals surface area contributed by atoms with E-state index in [0.29, 0.717) is 7.05 Å². The average molecular weight is 715 g/mol. The lowest BCUT2D eigenvalue weighted by Gasteiger charge is -2.61. The highest BCUT2D eigenvalue weighted by molar-refractivity contribution is 9.10. The highest BCUT2D eigenvalue weighted by Crippen LogP contribution is 2.54. The fourth-order valence-corrected chi connectivity index (χ4v) is 4.85. The zero-order chi connectivity index (χ0) is 34.4. The van der Waals surface area contributed by atoms with Gasteiger partial charge in [-0.3, -0.25) is 0 Å². The van der Waals surface area contributed by atoms with Crippen LogP contribution < -0.4 is 20.5 Å².